The molecule has 8 nitrogen and oxygen atoms in total. The van der Waals surface area contributed by atoms with Crippen LogP contribution >= 0.6 is 0 Å². The number of aryl methyl sites for hydroxylation is 1. The predicted octanol–water partition coefficient (Wildman–Crippen LogP) is 3.71. The molecule has 3 heterocycles. The maximum atomic E-state index is 14.8. The number of rotatable bonds is 4. The molecule has 1 amide bonds. The lowest BCUT2D eigenvalue weighted by Crippen LogP contribution is -2.51. The van der Waals surface area contributed by atoms with Crippen molar-refractivity contribution in [1.29, 1.82) is 0 Å². The fourth-order valence-electron chi connectivity index (χ4n) is 3.34. The molecule has 1 N–H and O–H groups in total. The number of alkyl halides is 1. The first-order valence-corrected chi connectivity index (χ1v) is 10.2. The SMILES string of the molecule is CCC(C)c1nc(C)c2cnc(N[C@@H]3CCN(C(=O)OC(C)(C)C)C[C@H]3F)nn12. The highest BCUT2D eigenvalue weighted by molar-refractivity contribution is 5.68. The van der Waals surface area contributed by atoms with Crippen LogP contribution in [0.2, 0.25) is 0 Å². The molecule has 0 aromatic carbocycles. The first kappa shape index (κ1) is 21.3. The number of anilines is 1. The molecule has 3 rings (SSSR count). The molecule has 0 saturated carbocycles. The molecule has 160 valence electrons. The summed E-state index contributed by atoms with van der Waals surface area (Å²) in [4.78, 5) is 22.6. The van der Waals surface area contributed by atoms with E-state index in [2.05, 4.69) is 34.2 Å². The number of amides is 1. The lowest BCUT2D eigenvalue weighted by molar-refractivity contribution is 0.0125. The fourth-order valence-corrected chi connectivity index (χ4v) is 3.34. The number of nitrogens with one attached hydrogen (secondary N) is 1. The zero-order chi connectivity index (χ0) is 21.3. The average Bonchev–Trinajstić information content (AvgIpc) is 2.97. The second-order valence-corrected chi connectivity index (χ2v) is 8.73. The molecule has 0 radical (unpaired) electrons. The van der Waals surface area contributed by atoms with Gasteiger partial charge in [-0.05, 0) is 40.5 Å². The van der Waals surface area contributed by atoms with E-state index in [1.807, 2.05) is 6.92 Å². The first-order chi connectivity index (χ1) is 13.6. The van der Waals surface area contributed by atoms with Gasteiger partial charge in [0.05, 0.1) is 24.5 Å². The van der Waals surface area contributed by atoms with Gasteiger partial charge in [0.15, 0.2) is 0 Å². The van der Waals surface area contributed by atoms with Gasteiger partial charge in [-0.15, -0.1) is 5.10 Å². The van der Waals surface area contributed by atoms with Crippen LogP contribution in [0.3, 0.4) is 0 Å². The Morgan fingerprint density at radius 1 is 1.45 bits per heavy atom. The molecule has 2 aromatic heterocycles. The van der Waals surface area contributed by atoms with Gasteiger partial charge in [0.2, 0.25) is 5.95 Å². The molecule has 9 heteroatoms. The summed E-state index contributed by atoms with van der Waals surface area (Å²) in [5.41, 5.74) is 1.13. The molecule has 1 saturated heterocycles. The second-order valence-electron chi connectivity index (χ2n) is 8.73. The van der Waals surface area contributed by atoms with Gasteiger partial charge in [-0.25, -0.2) is 23.7 Å². The monoisotopic (exact) mass is 406 g/mol. The number of carbonyl (C=O) groups is 1. The van der Waals surface area contributed by atoms with Crippen molar-refractivity contribution in [2.24, 2.45) is 0 Å². The number of piperidine rings is 1. The largest absolute Gasteiger partial charge is 0.444 e. The minimum Gasteiger partial charge on any atom is -0.444 e. The molecule has 29 heavy (non-hydrogen) atoms. The Kier molecular flexibility index (Phi) is 5.95. The summed E-state index contributed by atoms with van der Waals surface area (Å²) >= 11 is 0. The molecule has 0 aliphatic carbocycles. The Balaban J connectivity index is 1.71. The normalized spacial score (nSPS) is 21.3. The third kappa shape index (κ3) is 4.76. The topological polar surface area (TPSA) is 84.7 Å². The third-order valence-corrected chi connectivity index (χ3v) is 5.16. The fraction of sp³-hybridized carbons (Fsp3) is 0.700. The zero-order valence-electron chi connectivity index (χ0n) is 18.1. The van der Waals surface area contributed by atoms with Gasteiger partial charge >= 0.3 is 6.09 Å². The van der Waals surface area contributed by atoms with Crippen LogP contribution in [-0.2, 0) is 4.74 Å². The summed E-state index contributed by atoms with van der Waals surface area (Å²) in [6, 6.07) is -0.470. The highest BCUT2D eigenvalue weighted by Gasteiger charge is 2.34. The minimum absolute atomic E-state index is 0.0167. The number of hydrogen-bond donors (Lipinski definition) is 1. The van der Waals surface area contributed by atoms with Crippen molar-refractivity contribution in [2.75, 3.05) is 18.4 Å². The Morgan fingerprint density at radius 2 is 2.17 bits per heavy atom. The molecule has 1 fully saturated rings. The van der Waals surface area contributed by atoms with E-state index in [9.17, 15) is 9.18 Å². The van der Waals surface area contributed by atoms with Gasteiger partial charge in [0.1, 0.15) is 23.1 Å². The van der Waals surface area contributed by atoms with E-state index in [0.29, 0.717) is 18.9 Å². The molecule has 1 unspecified atom stereocenters. The summed E-state index contributed by atoms with van der Waals surface area (Å²) in [5.74, 6) is 1.49. The third-order valence-electron chi connectivity index (χ3n) is 5.16. The molecule has 0 bridgehead atoms. The first-order valence-electron chi connectivity index (χ1n) is 10.2. The number of halogens is 1. The van der Waals surface area contributed by atoms with Crippen molar-refractivity contribution in [3.05, 3.63) is 17.7 Å². The van der Waals surface area contributed by atoms with E-state index in [4.69, 9.17) is 4.74 Å². The molecular weight excluding hydrogens is 375 g/mol. The number of aromatic nitrogens is 4. The van der Waals surface area contributed by atoms with E-state index in [-0.39, 0.29) is 12.5 Å². The van der Waals surface area contributed by atoms with E-state index in [0.717, 1.165) is 23.5 Å². The zero-order valence-corrected chi connectivity index (χ0v) is 18.1. The molecule has 3 atom stereocenters. The van der Waals surface area contributed by atoms with Crippen molar-refractivity contribution < 1.29 is 13.9 Å². The van der Waals surface area contributed by atoms with Crippen molar-refractivity contribution in [2.45, 2.75) is 78.1 Å². The maximum Gasteiger partial charge on any atom is 0.410 e. The number of imidazole rings is 1. The Bertz CT molecular complexity index is 878. The minimum atomic E-state index is -1.24. The highest BCUT2D eigenvalue weighted by atomic mass is 19.1. The van der Waals surface area contributed by atoms with Gasteiger partial charge < -0.3 is 15.0 Å². The van der Waals surface area contributed by atoms with Gasteiger partial charge in [0.25, 0.3) is 0 Å². The summed E-state index contributed by atoms with van der Waals surface area (Å²) < 4.78 is 21.9. The quantitative estimate of drug-likeness (QED) is 0.833. The lowest BCUT2D eigenvalue weighted by atomic mass is 10.0. The highest BCUT2D eigenvalue weighted by Crippen LogP contribution is 2.23. The van der Waals surface area contributed by atoms with E-state index < -0.39 is 23.9 Å². The van der Waals surface area contributed by atoms with Crippen LogP contribution < -0.4 is 5.32 Å². The number of hydrogen-bond acceptors (Lipinski definition) is 6. The lowest BCUT2D eigenvalue weighted by Gasteiger charge is -2.35. The van der Waals surface area contributed by atoms with Crippen molar-refractivity contribution in [3.8, 4) is 0 Å². The van der Waals surface area contributed by atoms with Gasteiger partial charge in [-0.3, -0.25) is 0 Å². The van der Waals surface area contributed by atoms with Crippen LogP contribution in [0.1, 0.15) is 64.9 Å². The number of fused-ring (bicyclic) bond motifs is 1. The summed E-state index contributed by atoms with van der Waals surface area (Å²) in [6.07, 6.45) is 1.38. The predicted molar refractivity (Wildman–Crippen MR) is 109 cm³/mol. The van der Waals surface area contributed by atoms with Crippen molar-refractivity contribution in [1.82, 2.24) is 24.5 Å². The van der Waals surface area contributed by atoms with Gasteiger partial charge in [-0.2, -0.15) is 0 Å². The van der Waals surface area contributed by atoms with Crippen LogP contribution in [0.15, 0.2) is 6.20 Å². The second kappa shape index (κ2) is 8.12. The smallest absolute Gasteiger partial charge is 0.410 e. The average molecular weight is 407 g/mol. The Morgan fingerprint density at radius 3 is 2.79 bits per heavy atom. The molecular formula is C20H31FN6O2. The van der Waals surface area contributed by atoms with Crippen LogP contribution in [0, 0.1) is 6.92 Å². The maximum absolute atomic E-state index is 14.8. The summed E-state index contributed by atoms with van der Waals surface area (Å²) in [7, 11) is 0. The number of nitrogens with zero attached hydrogens (tertiary/aromatic N) is 5. The Hall–Kier alpha value is -2.45. The summed E-state index contributed by atoms with van der Waals surface area (Å²) in [6.45, 7) is 11.9. The Labute approximate surface area is 170 Å². The van der Waals surface area contributed by atoms with E-state index in [1.165, 1.54) is 4.90 Å². The number of likely N-dealkylation sites (tertiary alicyclic amines) is 1. The van der Waals surface area contributed by atoms with Crippen LogP contribution in [0.4, 0.5) is 15.1 Å². The number of ether oxygens (including phenoxy) is 1. The molecule has 0 spiro atoms. The molecule has 1 aliphatic rings. The van der Waals surface area contributed by atoms with Crippen LogP contribution in [-0.4, -0.2) is 61.5 Å². The van der Waals surface area contributed by atoms with Gasteiger partial charge in [-0.1, -0.05) is 13.8 Å². The standard InChI is InChI=1S/C20H31FN6O2/c1-7-12(2)17-23-13(3)16-10-22-18(25-27(16)17)24-15-8-9-26(11-14(15)21)19(28)29-20(4,5)6/h10,12,14-15H,7-9,11H2,1-6H3,(H,24,25)/t12?,14-,15-/m1/s1. The van der Waals surface area contributed by atoms with Crippen molar-refractivity contribution >= 4 is 17.6 Å². The molecule has 2 aromatic rings. The van der Waals surface area contributed by atoms with Gasteiger partial charge in [0, 0.05) is 12.5 Å². The van der Waals surface area contributed by atoms with Crippen LogP contribution in [0.5, 0.6) is 0 Å². The van der Waals surface area contributed by atoms with E-state index in [1.54, 1.807) is 31.5 Å². The number of carbonyl (C=O) groups excluding carboxylic acids is 1. The van der Waals surface area contributed by atoms with Crippen molar-refractivity contribution in [3.63, 3.8) is 0 Å². The molecule has 1 aliphatic heterocycles. The van der Waals surface area contributed by atoms with E-state index >= 15 is 0 Å². The summed E-state index contributed by atoms with van der Waals surface area (Å²) in [5, 5.41) is 7.66. The van der Waals surface area contributed by atoms with Crippen LogP contribution in [0.25, 0.3) is 5.52 Å².